The lowest BCUT2D eigenvalue weighted by Crippen LogP contribution is -2.33. The van der Waals surface area contributed by atoms with Gasteiger partial charge >= 0.3 is 0 Å². The SMILES string of the molecule is NCCNCCNC(=O)c1cc2ccccc2cc1O. The number of rotatable bonds is 6. The number of amides is 1. The molecule has 0 aliphatic carbocycles. The molecule has 0 saturated heterocycles. The summed E-state index contributed by atoms with van der Waals surface area (Å²) in [6, 6.07) is 10.9. The fourth-order valence-electron chi connectivity index (χ4n) is 2.00. The predicted molar refractivity (Wildman–Crippen MR) is 79.9 cm³/mol. The summed E-state index contributed by atoms with van der Waals surface area (Å²) in [5.41, 5.74) is 5.65. The van der Waals surface area contributed by atoms with Crippen LogP contribution >= 0.6 is 0 Å². The minimum atomic E-state index is -0.275. The zero-order valence-electron chi connectivity index (χ0n) is 11.2. The Morgan fingerprint density at radius 2 is 1.80 bits per heavy atom. The van der Waals surface area contributed by atoms with Crippen LogP contribution in [0.25, 0.3) is 10.8 Å². The molecule has 2 aromatic rings. The van der Waals surface area contributed by atoms with Crippen molar-refractivity contribution in [1.29, 1.82) is 0 Å². The predicted octanol–water partition coefficient (Wildman–Crippen LogP) is 0.824. The first-order valence-electron chi connectivity index (χ1n) is 6.63. The Morgan fingerprint density at radius 1 is 1.10 bits per heavy atom. The highest BCUT2D eigenvalue weighted by molar-refractivity contribution is 6.01. The fraction of sp³-hybridized carbons (Fsp3) is 0.267. The molecule has 106 valence electrons. The molecule has 0 aliphatic rings. The smallest absolute Gasteiger partial charge is 0.255 e. The molecule has 0 aromatic heterocycles. The van der Waals surface area contributed by atoms with Crippen LogP contribution in [-0.2, 0) is 0 Å². The number of benzene rings is 2. The summed E-state index contributed by atoms with van der Waals surface area (Å²) < 4.78 is 0. The molecule has 0 bridgehead atoms. The molecule has 5 N–H and O–H groups in total. The van der Waals surface area contributed by atoms with Gasteiger partial charge < -0.3 is 21.5 Å². The largest absolute Gasteiger partial charge is 0.507 e. The Morgan fingerprint density at radius 3 is 2.50 bits per heavy atom. The van der Waals surface area contributed by atoms with E-state index in [1.165, 1.54) is 0 Å². The van der Waals surface area contributed by atoms with Crippen LogP contribution < -0.4 is 16.4 Å². The fourth-order valence-corrected chi connectivity index (χ4v) is 2.00. The minimum Gasteiger partial charge on any atom is -0.507 e. The van der Waals surface area contributed by atoms with Crippen molar-refractivity contribution in [3.05, 3.63) is 42.0 Å². The molecule has 5 nitrogen and oxygen atoms in total. The van der Waals surface area contributed by atoms with Gasteiger partial charge in [-0.3, -0.25) is 4.79 Å². The summed E-state index contributed by atoms with van der Waals surface area (Å²) in [7, 11) is 0. The highest BCUT2D eigenvalue weighted by Gasteiger charge is 2.11. The molecule has 0 heterocycles. The number of nitrogens with one attached hydrogen (secondary N) is 2. The number of nitrogens with two attached hydrogens (primary N) is 1. The van der Waals surface area contributed by atoms with E-state index in [4.69, 9.17) is 5.73 Å². The Balaban J connectivity index is 2.04. The van der Waals surface area contributed by atoms with Gasteiger partial charge in [0.05, 0.1) is 5.56 Å². The third kappa shape index (κ3) is 3.46. The topological polar surface area (TPSA) is 87.4 Å². The van der Waals surface area contributed by atoms with Crippen molar-refractivity contribution >= 4 is 16.7 Å². The summed E-state index contributed by atoms with van der Waals surface area (Å²) in [6.45, 7) is 2.43. The number of hydrogen-bond donors (Lipinski definition) is 4. The maximum absolute atomic E-state index is 12.0. The van der Waals surface area contributed by atoms with Crippen LogP contribution in [0.4, 0.5) is 0 Å². The van der Waals surface area contributed by atoms with Crippen molar-refractivity contribution in [2.45, 2.75) is 0 Å². The first kappa shape index (κ1) is 14.3. The second-order valence-corrected chi connectivity index (χ2v) is 4.51. The standard InChI is InChI=1S/C15H19N3O2/c16-5-6-17-7-8-18-15(20)13-9-11-3-1-2-4-12(11)10-14(13)19/h1-4,9-10,17,19H,5-8,16H2,(H,18,20). The van der Waals surface area contributed by atoms with E-state index in [2.05, 4.69) is 10.6 Å². The molecule has 20 heavy (non-hydrogen) atoms. The Bertz CT molecular complexity index is 599. The van der Waals surface area contributed by atoms with Gasteiger partial charge in [0.2, 0.25) is 0 Å². The first-order chi connectivity index (χ1) is 9.72. The molecule has 5 heteroatoms. The maximum Gasteiger partial charge on any atom is 0.255 e. The van der Waals surface area contributed by atoms with E-state index in [0.29, 0.717) is 25.2 Å². The normalized spacial score (nSPS) is 10.7. The first-order valence-corrected chi connectivity index (χ1v) is 6.63. The summed E-state index contributed by atoms with van der Waals surface area (Å²) in [4.78, 5) is 12.0. The summed E-state index contributed by atoms with van der Waals surface area (Å²) in [5.74, 6) is -0.279. The van der Waals surface area contributed by atoms with Crippen LogP contribution in [0.5, 0.6) is 5.75 Å². The quantitative estimate of drug-likeness (QED) is 0.587. The van der Waals surface area contributed by atoms with E-state index in [0.717, 1.165) is 17.3 Å². The van der Waals surface area contributed by atoms with E-state index in [-0.39, 0.29) is 11.7 Å². The van der Waals surface area contributed by atoms with Gasteiger partial charge in [-0.25, -0.2) is 0 Å². The highest BCUT2D eigenvalue weighted by Crippen LogP contribution is 2.24. The number of aromatic hydroxyl groups is 1. The molecule has 0 saturated carbocycles. The number of phenols is 1. The molecular formula is C15H19N3O2. The van der Waals surface area contributed by atoms with Gasteiger partial charge in [0.25, 0.3) is 5.91 Å². The molecule has 0 radical (unpaired) electrons. The van der Waals surface area contributed by atoms with Crippen molar-refractivity contribution in [3.63, 3.8) is 0 Å². The second-order valence-electron chi connectivity index (χ2n) is 4.51. The molecule has 1 amide bonds. The number of carbonyl (C=O) groups excluding carboxylic acids is 1. The number of carbonyl (C=O) groups is 1. The second kappa shape index (κ2) is 6.88. The van der Waals surface area contributed by atoms with Crippen molar-refractivity contribution in [1.82, 2.24) is 10.6 Å². The molecule has 0 unspecified atom stereocenters. The van der Waals surface area contributed by atoms with E-state index in [1.54, 1.807) is 12.1 Å². The Hall–Kier alpha value is -2.11. The summed E-state index contributed by atoms with van der Waals surface area (Å²) >= 11 is 0. The number of fused-ring (bicyclic) bond motifs is 1. The van der Waals surface area contributed by atoms with Crippen molar-refractivity contribution in [2.75, 3.05) is 26.2 Å². The van der Waals surface area contributed by atoms with Crippen LogP contribution in [0.3, 0.4) is 0 Å². The van der Waals surface area contributed by atoms with Crippen molar-refractivity contribution in [3.8, 4) is 5.75 Å². The zero-order valence-corrected chi connectivity index (χ0v) is 11.2. The van der Waals surface area contributed by atoms with E-state index < -0.39 is 0 Å². The van der Waals surface area contributed by atoms with Crippen LogP contribution in [0.2, 0.25) is 0 Å². The summed E-state index contributed by atoms with van der Waals surface area (Å²) in [5, 5.41) is 17.6. The summed E-state index contributed by atoms with van der Waals surface area (Å²) in [6.07, 6.45) is 0. The maximum atomic E-state index is 12.0. The molecule has 0 fully saturated rings. The molecule has 0 atom stereocenters. The minimum absolute atomic E-state index is 0.00360. The van der Waals surface area contributed by atoms with Crippen LogP contribution in [0.15, 0.2) is 36.4 Å². The Kier molecular flexibility index (Phi) is 4.92. The van der Waals surface area contributed by atoms with E-state index in [9.17, 15) is 9.90 Å². The number of phenolic OH excluding ortho intramolecular Hbond substituents is 1. The lowest BCUT2D eigenvalue weighted by molar-refractivity contribution is 0.0951. The molecular weight excluding hydrogens is 254 g/mol. The third-order valence-electron chi connectivity index (χ3n) is 3.02. The average molecular weight is 273 g/mol. The lowest BCUT2D eigenvalue weighted by Gasteiger charge is -2.09. The van der Waals surface area contributed by atoms with Crippen molar-refractivity contribution in [2.24, 2.45) is 5.73 Å². The third-order valence-corrected chi connectivity index (χ3v) is 3.02. The molecule has 0 spiro atoms. The van der Waals surface area contributed by atoms with Gasteiger partial charge in [-0.1, -0.05) is 24.3 Å². The van der Waals surface area contributed by atoms with Crippen LogP contribution in [-0.4, -0.2) is 37.2 Å². The van der Waals surface area contributed by atoms with Gasteiger partial charge in [0.15, 0.2) is 0 Å². The Labute approximate surface area is 117 Å². The van der Waals surface area contributed by atoms with Gasteiger partial charge in [-0.15, -0.1) is 0 Å². The van der Waals surface area contributed by atoms with Gasteiger partial charge in [-0.05, 0) is 22.9 Å². The van der Waals surface area contributed by atoms with Gasteiger partial charge in [0, 0.05) is 26.2 Å². The van der Waals surface area contributed by atoms with Crippen LogP contribution in [0, 0.1) is 0 Å². The zero-order chi connectivity index (χ0) is 14.4. The van der Waals surface area contributed by atoms with Crippen LogP contribution in [0.1, 0.15) is 10.4 Å². The highest BCUT2D eigenvalue weighted by atomic mass is 16.3. The van der Waals surface area contributed by atoms with Gasteiger partial charge in [0.1, 0.15) is 5.75 Å². The molecule has 0 aliphatic heterocycles. The van der Waals surface area contributed by atoms with E-state index in [1.807, 2.05) is 24.3 Å². The van der Waals surface area contributed by atoms with Gasteiger partial charge in [-0.2, -0.15) is 0 Å². The monoisotopic (exact) mass is 273 g/mol. The molecule has 2 rings (SSSR count). The van der Waals surface area contributed by atoms with Crippen molar-refractivity contribution < 1.29 is 9.90 Å². The average Bonchev–Trinajstić information content (AvgIpc) is 2.46. The number of hydrogen-bond acceptors (Lipinski definition) is 4. The van der Waals surface area contributed by atoms with E-state index >= 15 is 0 Å². The lowest BCUT2D eigenvalue weighted by atomic mass is 10.1. The molecule has 2 aromatic carbocycles.